The minimum atomic E-state index is -0.0363. The summed E-state index contributed by atoms with van der Waals surface area (Å²) in [6.45, 7) is 5.42. The van der Waals surface area contributed by atoms with Gasteiger partial charge in [-0.3, -0.25) is 9.47 Å². The maximum absolute atomic E-state index is 12.3. The second-order valence-corrected chi connectivity index (χ2v) is 5.64. The van der Waals surface area contributed by atoms with Gasteiger partial charge in [0.1, 0.15) is 5.75 Å². The first-order valence-corrected chi connectivity index (χ1v) is 7.16. The highest BCUT2D eigenvalue weighted by molar-refractivity contribution is 5.77. The molecule has 108 valence electrons. The number of imidazole rings is 1. The Morgan fingerprint density at radius 3 is 2.90 bits per heavy atom. The molecule has 1 atom stereocenters. The summed E-state index contributed by atoms with van der Waals surface area (Å²) in [5.74, 6) is 0.762. The molecule has 20 heavy (non-hydrogen) atoms. The first-order valence-electron chi connectivity index (χ1n) is 7.16. The molecule has 5 nitrogen and oxygen atoms in total. The van der Waals surface area contributed by atoms with E-state index in [0.29, 0.717) is 6.04 Å². The Morgan fingerprint density at radius 2 is 2.20 bits per heavy atom. The highest BCUT2D eigenvalue weighted by atomic mass is 16.5. The third-order valence-electron chi connectivity index (χ3n) is 4.15. The minimum absolute atomic E-state index is 0.0363. The molecule has 1 saturated heterocycles. The van der Waals surface area contributed by atoms with Crippen molar-refractivity contribution < 1.29 is 4.74 Å². The molecule has 0 aliphatic carbocycles. The zero-order chi connectivity index (χ0) is 14.3. The Hall–Kier alpha value is -1.75. The number of aromatic amines is 1. The van der Waals surface area contributed by atoms with Crippen molar-refractivity contribution in [1.82, 2.24) is 14.5 Å². The molecule has 2 heterocycles. The minimum Gasteiger partial charge on any atom is -0.497 e. The lowest BCUT2D eigenvalue weighted by Gasteiger charge is -2.29. The molecule has 1 aromatic heterocycles. The molecule has 1 unspecified atom stereocenters. The third kappa shape index (κ3) is 2.02. The zero-order valence-electron chi connectivity index (χ0n) is 12.2. The number of hydrogen-bond donors (Lipinski definition) is 1. The first kappa shape index (κ1) is 13.2. The Kier molecular flexibility index (Phi) is 3.30. The van der Waals surface area contributed by atoms with Crippen molar-refractivity contribution in [2.45, 2.75) is 38.9 Å². The molecular formula is C15H21N3O2. The molecule has 0 spiro atoms. The third-order valence-corrected chi connectivity index (χ3v) is 4.15. The van der Waals surface area contributed by atoms with Gasteiger partial charge in [0.25, 0.3) is 0 Å². The van der Waals surface area contributed by atoms with E-state index in [2.05, 4.69) is 23.7 Å². The summed E-state index contributed by atoms with van der Waals surface area (Å²) in [6, 6.07) is 6.18. The van der Waals surface area contributed by atoms with Gasteiger partial charge in [0.15, 0.2) is 0 Å². The average molecular weight is 275 g/mol. The fourth-order valence-corrected chi connectivity index (χ4v) is 3.18. The fraction of sp³-hybridized carbons (Fsp3) is 0.533. The number of hydrogen-bond acceptors (Lipinski definition) is 3. The summed E-state index contributed by atoms with van der Waals surface area (Å²) in [7, 11) is 1.63. The van der Waals surface area contributed by atoms with E-state index in [0.717, 1.165) is 36.2 Å². The number of aromatic nitrogens is 2. The number of rotatable bonds is 3. The Bertz CT molecular complexity index is 671. The predicted molar refractivity (Wildman–Crippen MR) is 79.2 cm³/mol. The number of methoxy groups -OCH3 is 1. The maximum Gasteiger partial charge on any atom is 0.327 e. The molecule has 1 aliphatic heterocycles. The molecule has 0 saturated carbocycles. The Balaban J connectivity index is 2.11. The second-order valence-electron chi connectivity index (χ2n) is 5.64. The summed E-state index contributed by atoms with van der Waals surface area (Å²) in [6.07, 6.45) is 2.32. The van der Waals surface area contributed by atoms with Crippen LogP contribution in [0.25, 0.3) is 11.0 Å². The van der Waals surface area contributed by atoms with E-state index in [4.69, 9.17) is 4.74 Å². The smallest absolute Gasteiger partial charge is 0.327 e. The molecule has 5 heteroatoms. The second kappa shape index (κ2) is 4.98. The molecular weight excluding hydrogens is 254 g/mol. The highest BCUT2D eigenvalue weighted by Crippen LogP contribution is 2.30. The van der Waals surface area contributed by atoms with Gasteiger partial charge in [0.05, 0.1) is 24.3 Å². The number of likely N-dealkylation sites (tertiary alicyclic amines) is 1. The number of benzene rings is 1. The number of ether oxygens (including phenoxy) is 1. The van der Waals surface area contributed by atoms with Gasteiger partial charge in [-0.05, 0) is 38.8 Å². The number of fused-ring (bicyclic) bond motifs is 1. The molecule has 1 aliphatic rings. The van der Waals surface area contributed by atoms with Gasteiger partial charge in [-0.25, -0.2) is 4.79 Å². The quantitative estimate of drug-likeness (QED) is 0.935. The summed E-state index contributed by atoms with van der Waals surface area (Å²) in [4.78, 5) is 17.7. The van der Waals surface area contributed by atoms with Crippen molar-refractivity contribution in [3.8, 4) is 5.75 Å². The van der Waals surface area contributed by atoms with Crippen molar-refractivity contribution in [3.05, 3.63) is 28.7 Å². The van der Waals surface area contributed by atoms with Crippen molar-refractivity contribution >= 4 is 11.0 Å². The van der Waals surface area contributed by atoms with E-state index in [9.17, 15) is 4.79 Å². The normalized spacial score (nSPS) is 20.1. The lowest BCUT2D eigenvalue weighted by atomic mass is 10.2. The van der Waals surface area contributed by atoms with E-state index in [1.54, 1.807) is 7.11 Å². The fourth-order valence-electron chi connectivity index (χ4n) is 3.18. The van der Waals surface area contributed by atoms with Crippen LogP contribution in [0.3, 0.4) is 0 Å². The number of nitrogens with one attached hydrogen (secondary N) is 1. The van der Waals surface area contributed by atoms with Gasteiger partial charge < -0.3 is 9.72 Å². The molecule has 3 rings (SSSR count). The molecule has 0 radical (unpaired) electrons. The SMILES string of the molecule is COc1ccc2c(c1)[nH]c(=O)n2C1CCCN1C(C)C. The van der Waals surface area contributed by atoms with E-state index in [1.807, 2.05) is 22.8 Å². The van der Waals surface area contributed by atoms with Crippen LogP contribution in [0.2, 0.25) is 0 Å². The van der Waals surface area contributed by atoms with Gasteiger partial charge in [0, 0.05) is 18.7 Å². The molecule has 0 amide bonds. The first-order chi connectivity index (χ1) is 9.61. The summed E-state index contributed by atoms with van der Waals surface area (Å²) < 4.78 is 7.11. The van der Waals surface area contributed by atoms with Crippen LogP contribution in [-0.4, -0.2) is 34.1 Å². The highest BCUT2D eigenvalue weighted by Gasteiger charge is 2.30. The molecule has 1 aromatic carbocycles. The van der Waals surface area contributed by atoms with Gasteiger partial charge in [0.2, 0.25) is 0 Å². The maximum atomic E-state index is 12.3. The lowest BCUT2D eigenvalue weighted by molar-refractivity contribution is 0.152. The van der Waals surface area contributed by atoms with Crippen molar-refractivity contribution in [3.63, 3.8) is 0 Å². The average Bonchev–Trinajstić information content (AvgIpc) is 3.00. The largest absolute Gasteiger partial charge is 0.497 e. The van der Waals surface area contributed by atoms with Crippen LogP contribution in [0.15, 0.2) is 23.0 Å². The van der Waals surface area contributed by atoms with E-state index < -0.39 is 0 Å². The van der Waals surface area contributed by atoms with Crippen LogP contribution < -0.4 is 10.4 Å². The van der Waals surface area contributed by atoms with Crippen LogP contribution in [0, 0.1) is 0 Å². The topological polar surface area (TPSA) is 50.3 Å². The summed E-state index contributed by atoms with van der Waals surface area (Å²) in [5, 5.41) is 0. The van der Waals surface area contributed by atoms with Crippen LogP contribution in [0.4, 0.5) is 0 Å². The van der Waals surface area contributed by atoms with Crippen molar-refractivity contribution in [1.29, 1.82) is 0 Å². The lowest BCUT2D eigenvalue weighted by Crippen LogP contribution is -2.37. The monoisotopic (exact) mass is 275 g/mol. The number of nitrogens with zero attached hydrogens (tertiary/aromatic N) is 2. The van der Waals surface area contributed by atoms with E-state index >= 15 is 0 Å². The van der Waals surface area contributed by atoms with Gasteiger partial charge in [-0.2, -0.15) is 0 Å². The van der Waals surface area contributed by atoms with Gasteiger partial charge in [-0.15, -0.1) is 0 Å². The zero-order valence-corrected chi connectivity index (χ0v) is 12.2. The summed E-state index contributed by atoms with van der Waals surface area (Å²) in [5.41, 5.74) is 1.75. The van der Waals surface area contributed by atoms with Crippen molar-refractivity contribution in [2.24, 2.45) is 0 Å². The Morgan fingerprint density at radius 1 is 1.40 bits per heavy atom. The standard InChI is InChI=1S/C15H21N3O2/c1-10(2)17-8-4-5-14(17)18-13-7-6-11(20-3)9-12(13)16-15(18)19/h6-7,9-10,14H,4-5,8H2,1-3H3,(H,16,19). The molecule has 1 N–H and O–H groups in total. The predicted octanol–water partition coefficient (Wildman–Crippen LogP) is 2.34. The molecule has 0 bridgehead atoms. The van der Waals surface area contributed by atoms with Crippen molar-refractivity contribution in [2.75, 3.05) is 13.7 Å². The van der Waals surface area contributed by atoms with E-state index in [-0.39, 0.29) is 11.9 Å². The Labute approximate surface area is 118 Å². The molecule has 2 aromatic rings. The van der Waals surface area contributed by atoms with E-state index in [1.165, 1.54) is 0 Å². The van der Waals surface area contributed by atoms with Gasteiger partial charge in [-0.1, -0.05) is 0 Å². The van der Waals surface area contributed by atoms with Crippen LogP contribution in [0.1, 0.15) is 32.9 Å². The van der Waals surface area contributed by atoms with Crippen LogP contribution in [-0.2, 0) is 0 Å². The number of H-pyrrole nitrogens is 1. The van der Waals surface area contributed by atoms with Crippen LogP contribution >= 0.6 is 0 Å². The van der Waals surface area contributed by atoms with Crippen LogP contribution in [0.5, 0.6) is 5.75 Å². The summed E-state index contributed by atoms with van der Waals surface area (Å²) >= 11 is 0. The van der Waals surface area contributed by atoms with Gasteiger partial charge >= 0.3 is 5.69 Å². The molecule has 1 fully saturated rings.